The van der Waals surface area contributed by atoms with Crippen LogP contribution in [0.15, 0.2) is 29.8 Å². The van der Waals surface area contributed by atoms with E-state index >= 15 is 0 Å². The molecule has 0 saturated heterocycles. The van der Waals surface area contributed by atoms with Crippen molar-refractivity contribution in [2.75, 3.05) is 19.8 Å². The average Bonchev–Trinajstić information content (AvgIpc) is 4.18. The molecule has 0 atom stereocenters. The van der Waals surface area contributed by atoms with Crippen LogP contribution in [0.25, 0.3) is 0 Å². The van der Waals surface area contributed by atoms with Gasteiger partial charge in [0.2, 0.25) is 6.41 Å². The number of carbonyl (C=O) groups is 7. The number of aromatic amines is 3. The van der Waals surface area contributed by atoms with E-state index in [-0.39, 0.29) is 122 Å². The summed E-state index contributed by atoms with van der Waals surface area (Å²) >= 11 is -1.44. The molecule has 6 N–H and O–H groups in total. The molecule has 4 aromatic heterocycles. The number of aliphatic hydroxyl groups is 1. The zero-order valence-corrected chi connectivity index (χ0v) is 58.0. The molecule has 0 fully saturated rings. The Bertz CT molecular complexity index is 2410. The van der Waals surface area contributed by atoms with E-state index in [0.717, 1.165) is 29.1 Å². The van der Waals surface area contributed by atoms with Gasteiger partial charge in [0.25, 0.3) is 0 Å². The summed E-state index contributed by atoms with van der Waals surface area (Å²) < 4.78 is 46.1. The van der Waals surface area contributed by atoms with Crippen LogP contribution < -0.4 is 24.6 Å². The third-order valence-corrected chi connectivity index (χ3v) is 8.63. The first-order valence-electron chi connectivity index (χ1n) is 24.6. The number of nitrogens with zero attached hydrogens (tertiary/aromatic N) is 5. The molecule has 29 heteroatoms. The van der Waals surface area contributed by atoms with Gasteiger partial charge in [-0.05, 0) is 63.6 Å². The topological polar surface area (TPSA) is 373 Å². The predicted molar refractivity (Wildman–Crippen MR) is 293 cm³/mol. The molecular formula is C52H87AlBLiMnN9O15U. The minimum atomic E-state index is -1.44. The van der Waals surface area contributed by atoms with Crippen molar-refractivity contribution < 1.29 is 136 Å². The molecule has 5 radical (unpaired) electrons. The quantitative estimate of drug-likeness (QED) is 0.0539. The summed E-state index contributed by atoms with van der Waals surface area (Å²) in [5.74, 6) is -1.63. The summed E-state index contributed by atoms with van der Waals surface area (Å²) in [6.45, 7) is 40.9. The Kier molecular flexibility index (Phi) is 51.0. The maximum atomic E-state index is 11.5. The van der Waals surface area contributed by atoms with E-state index in [1.807, 2.05) is 62.3 Å². The minimum Gasteiger partial charge on any atom is 0 e. The van der Waals surface area contributed by atoms with E-state index in [0.29, 0.717) is 37.0 Å². The van der Waals surface area contributed by atoms with Crippen molar-refractivity contribution >= 4 is 68.3 Å². The molecule has 81 heavy (non-hydrogen) atoms. The first-order valence-corrected chi connectivity index (χ1v) is 25.0. The van der Waals surface area contributed by atoms with Gasteiger partial charge in [0.1, 0.15) is 17.9 Å². The number of hydrogen-bond donors (Lipinski definition) is 5. The van der Waals surface area contributed by atoms with E-state index < -0.39 is 49.5 Å². The van der Waals surface area contributed by atoms with Crippen LogP contribution in [0, 0.1) is 53.3 Å². The van der Waals surface area contributed by atoms with Gasteiger partial charge < -0.3 is 50.6 Å². The number of hydrogen-bond acceptors (Lipinski definition) is 20. The Labute approximate surface area is 535 Å². The fourth-order valence-electron chi connectivity index (χ4n) is 5.09. The Morgan fingerprint density at radius 3 is 1.42 bits per heavy atom. The Morgan fingerprint density at radius 2 is 1.10 bits per heavy atom. The maximum absolute atomic E-state index is 11.5. The number of amides is 1. The molecule has 0 aliphatic carbocycles. The number of imidazole rings is 3. The monoisotopic (exact) mass is 1420 g/mol. The fourth-order valence-corrected chi connectivity index (χ4v) is 5.09. The second kappa shape index (κ2) is 45.8. The fraction of sp³-hybridized carbons (Fsp3) is 0.615. The molecule has 1 amide bonds. The van der Waals surface area contributed by atoms with Gasteiger partial charge in [-0.25, -0.2) is 29.5 Å². The SMILES string of the molecule is CC(C)(C)C(=O)OC(=O)C(C)(C)C.CC(C)(C)c1[nH]cnc1C=O.CC(C)(C)c1nc[nH]c1CO.CCOC(=O)CC#N.CCOC(=O)c1nc[nH]c1C(C)(C)C.CCOC(=O)c1ncoc1C(C)(C)C.NC=O.[2H][B].[Al].[H-].[Li+].[O]=[Mn]=[O].[U]. The van der Waals surface area contributed by atoms with Crippen molar-refractivity contribution in [3.05, 3.63) is 71.0 Å². The first kappa shape index (κ1) is 90.1. The first-order chi connectivity index (χ1) is 36.2. The van der Waals surface area contributed by atoms with Crippen molar-refractivity contribution in [2.24, 2.45) is 16.6 Å². The summed E-state index contributed by atoms with van der Waals surface area (Å²) in [5.41, 5.74) is 7.18. The van der Waals surface area contributed by atoms with Gasteiger partial charge in [-0.15, -0.1) is 0 Å². The van der Waals surface area contributed by atoms with E-state index in [1.165, 1.54) is 12.7 Å². The minimum absolute atomic E-state index is 0. The van der Waals surface area contributed by atoms with E-state index in [4.69, 9.17) is 42.8 Å². The summed E-state index contributed by atoms with van der Waals surface area (Å²) in [4.78, 5) is 99.4. The van der Waals surface area contributed by atoms with E-state index in [2.05, 4.69) is 74.5 Å². The van der Waals surface area contributed by atoms with Crippen molar-refractivity contribution in [3.63, 3.8) is 0 Å². The standard InChI is InChI=1S/C10H16N2O2.C10H15NO3.C10H18O3.C8H14N2O.C8H12N2O.C5H7NO2.CH3NO.Al.BH.Li.Mn.2O.U.H/c1-5-14-9(13)7-8(10(2,3)4)12-6-11-7;1-5-13-9(12)7-8(10(2,3)4)14-6-11-7;1-9(2,3)7(11)13-8(12)10(4,5)6;2*1-8(2,3)7-6(4-11)9-5-10-7;1-2-8-5(7)3-4-6;2-1-3;;;;;;;;/h6H,5H2,1-4H3,(H,11,12);6H,5H2,1-4H3;1-6H3;5,11H,4H2,1-3H3,(H,9,10);4-5H,1-3H3,(H,9,10);2-3H2,1H3;1H,(H2,2,3);;1H;;;;;;/q;;;;;;;;;+1;;;;;-1/i;;;;;;;;1D;;;;;;. The van der Waals surface area contributed by atoms with Crippen LogP contribution in [0.1, 0.15) is 213 Å². The number of H-pyrrole nitrogens is 3. The molecule has 0 spiro atoms. The van der Waals surface area contributed by atoms with Gasteiger partial charge in [0, 0.05) is 78.5 Å². The third kappa shape index (κ3) is 41.1. The van der Waals surface area contributed by atoms with Crippen LogP contribution >= 0.6 is 0 Å². The molecule has 448 valence electrons. The molecule has 0 saturated carbocycles. The van der Waals surface area contributed by atoms with Gasteiger partial charge in [0.05, 0.1) is 85.1 Å². The number of aldehydes is 1. The van der Waals surface area contributed by atoms with Gasteiger partial charge >= 0.3 is 71.2 Å². The molecule has 0 bridgehead atoms. The zero-order chi connectivity index (χ0) is 63.2. The van der Waals surface area contributed by atoms with Gasteiger partial charge in [-0.2, -0.15) is 5.26 Å². The molecule has 0 aliphatic rings. The number of aliphatic hydroxyl groups excluding tert-OH is 1. The molecule has 0 unspecified atom stereocenters. The number of carbonyl (C=O) groups excluding carboxylic acids is 7. The predicted octanol–water partition coefficient (Wildman–Crippen LogP) is 4.31. The summed E-state index contributed by atoms with van der Waals surface area (Å²) in [6.07, 6.45) is 6.83. The molecule has 24 nitrogen and oxygen atoms in total. The van der Waals surface area contributed by atoms with Crippen LogP contribution in [-0.4, -0.2) is 129 Å². The maximum Gasteiger partial charge on any atom is 0 e. The number of nitrogens with two attached hydrogens (primary N) is 1. The van der Waals surface area contributed by atoms with Crippen LogP contribution in [0.3, 0.4) is 0 Å². The Balaban J connectivity index is -0.000000110. The number of nitrogens with one attached hydrogen (secondary N) is 3. The van der Waals surface area contributed by atoms with Gasteiger partial charge in [-0.3, -0.25) is 24.0 Å². The number of primary amides is 1. The van der Waals surface area contributed by atoms with Crippen LogP contribution in [-0.2, 0) is 88.9 Å². The normalized spacial score (nSPS) is 10.3. The molecule has 4 aromatic rings. The van der Waals surface area contributed by atoms with Crippen molar-refractivity contribution in [3.8, 4) is 6.07 Å². The Morgan fingerprint density at radius 1 is 0.704 bits per heavy atom. The number of oxazole rings is 1. The van der Waals surface area contributed by atoms with Crippen molar-refractivity contribution in [2.45, 2.75) is 180 Å². The number of rotatable bonds is 8. The zero-order valence-electron chi connectivity index (χ0n) is 53.5. The molecule has 0 aliphatic heterocycles. The van der Waals surface area contributed by atoms with Gasteiger partial charge in [-0.1, -0.05) is 83.1 Å². The largest absolute Gasteiger partial charge is 0 e. The second-order valence-electron chi connectivity index (χ2n) is 21.8. The number of esters is 5. The summed E-state index contributed by atoms with van der Waals surface area (Å²) in [5, 5.41) is 16.8. The third-order valence-electron chi connectivity index (χ3n) is 8.63. The number of ether oxygens (including phenoxy) is 4. The summed E-state index contributed by atoms with van der Waals surface area (Å²) in [7, 11) is 3.75. The number of aromatic nitrogens is 7. The van der Waals surface area contributed by atoms with Crippen molar-refractivity contribution in [1.82, 2.24) is 34.9 Å². The average molecular weight is 1420 g/mol. The van der Waals surface area contributed by atoms with Crippen LogP contribution in [0.5, 0.6) is 0 Å². The molecule has 0 aromatic carbocycles. The molecule has 4 rings (SSSR count). The summed E-state index contributed by atoms with van der Waals surface area (Å²) in [6, 6.07) is 1.68. The van der Waals surface area contributed by atoms with Crippen molar-refractivity contribution in [1.29, 1.82) is 6.60 Å². The second-order valence-corrected chi connectivity index (χ2v) is 22.0. The smallest absolute Gasteiger partial charge is 0 e. The van der Waals surface area contributed by atoms with E-state index in [9.17, 15) is 28.8 Å². The molecular weight excluding hydrogens is 1330 g/mol. The van der Waals surface area contributed by atoms with Crippen LogP contribution in [0.2, 0.25) is 0 Å². The van der Waals surface area contributed by atoms with Crippen LogP contribution in [0.4, 0.5) is 0 Å². The molecule has 4 heterocycles. The number of nitriles is 1. The Hall–Kier alpha value is -4.65. The van der Waals surface area contributed by atoms with Gasteiger partial charge in [0.15, 0.2) is 24.1 Å². The van der Waals surface area contributed by atoms with E-state index in [1.54, 1.807) is 81.0 Å².